The number of rotatable bonds is 5. The molecule has 1 saturated heterocycles. The van der Waals surface area contributed by atoms with Crippen molar-refractivity contribution < 1.29 is 4.74 Å². The van der Waals surface area contributed by atoms with Gasteiger partial charge in [0.25, 0.3) is 0 Å². The summed E-state index contributed by atoms with van der Waals surface area (Å²) < 4.78 is 5.35. The van der Waals surface area contributed by atoms with E-state index in [4.69, 9.17) is 4.74 Å². The average Bonchev–Trinajstić information content (AvgIpc) is 2.75. The highest BCUT2D eigenvalue weighted by atomic mass is 16.5. The second-order valence-electron chi connectivity index (χ2n) is 6.57. The van der Waals surface area contributed by atoms with Crippen molar-refractivity contribution in [3.8, 4) is 17.1 Å². The molecule has 0 radical (unpaired) electrons. The van der Waals surface area contributed by atoms with E-state index in [2.05, 4.69) is 55.1 Å². The molecule has 0 saturated carbocycles. The summed E-state index contributed by atoms with van der Waals surface area (Å²) in [6, 6.07) is 14.5. The fourth-order valence-electron chi connectivity index (χ4n) is 3.42. The molecule has 1 aromatic carbocycles. The second-order valence-corrected chi connectivity index (χ2v) is 6.57. The number of hydrogen-bond acceptors (Lipinski definition) is 6. The van der Waals surface area contributed by atoms with Crippen molar-refractivity contribution in [3.05, 3.63) is 66.6 Å². The van der Waals surface area contributed by atoms with Gasteiger partial charge in [-0.05, 0) is 23.8 Å². The van der Waals surface area contributed by atoms with Crippen LogP contribution in [0.4, 0.5) is 5.82 Å². The molecule has 4 rings (SSSR count). The fourth-order valence-corrected chi connectivity index (χ4v) is 3.42. The summed E-state index contributed by atoms with van der Waals surface area (Å²) in [5.41, 5.74) is 3.08. The lowest BCUT2D eigenvalue weighted by molar-refractivity contribution is 0.249. The number of aromatic nitrogens is 3. The first-order chi connectivity index (χ1) is 13.3. The zero-order valence-corrected chi connectivity index (χ0v) is 15.5. The molecule has 138 valence electrons. The smallest absolute Gasteiger partial charge is 0.240 e. The van der Waals surface area contributed by atoms with E-state index in [1.54, 1.807) is 19.5 Å². The SMILES string of the molecule is COc1nccnc1-c1cccc(CN2CCN(c3ccccn3)CC2)c1. The molecule has 6 nitrogen and oxygen atoms in total. The van der Waals surface area contributed by atoms with Crippen molar-refractivity contribution in [3.63, 3.8) is 0 Å². The van der Waals surface area contributed by atoms with Crippen molar-refractivity contribution in [2.75, 3.05) is 38.2 Å². The lowest BCUT2D eigenvalue weighted by atomic mass is 10.1. The van der Waals surface area contributed by atoms with Gasteiger partial charge in [0.05, 0.1) is 7.11 Å². The number of nitrogens with zero attached hydrogens (tertiary/aromatic N) is 5. The van der Waals surface area contributed by atoms with Gasteiger partial charge in [-0.3, -0.25) is 4.90 Å². The van der Waals surface area contributed by atoms with Crippen LogP contribution >= 0.6 is 0 Å². The largest absolute Gasteiger partial charge is 0.479 e. The summed E-state index contributed by atoms with van der Waals surface area (Å²) in [7, 11) is 1.62. The maximum atomic E-state index is 5.35. The molecule has 0 bridgehead atoms. The Labute approximate surface area is 159 Å². The first-order valence-electron chi connectivity index (χ1n) is 9.16. The quantitative estimate of drug-likeness (QED) is 0.697. The Morgan fingerprint density at radius 1 is 0.889 bits per heavy atom. The highest BCUT2D eigenvalue weighted by molar-refractivity contribution is 5.64. The van der Waals surface area contributed by atoms with Gasteiger partial charge >= 0.3 is 0 Å². The Balaban J connectivity index is 1.42. The summed E-state index contributed by atoms with van der Waals surface area (Å²) in [5.74, 6) is 1.62. The number of anilines is 1. The van der Waals surface area contributed by atoms with Gasteiger partial charge < -0.3 is 9.64 Å². The summed E-state index contributed by atoms with van der Waals surface area (Å²) in [5, 5.41) is 0. The predicted molar refractivity (Wildman–Crippen MR) is 106 cm³/mol. The Kier molecular flexibility index (Phi) is 5.25. The van der Waals surface area contributed by atoms with Crippen LogP contribution in [0.15, 0.2) is 61.1 Å². The first-order valence-corrected chi connectivity index (χ1v) is 9.16. The van der Waals surface area contributed by atoms with Gasteiger partial charge in [0.2, 0.25) is 5.88 Å². The number of hydrogen-bond donors (Lipinski definition) is 0. The fraction of sp³-hybridized carbons (Fsp3) is 0.286. The van der Waals surface area contributed by atoms with Crippen molar-refractivity contribution in [1.29, 1.82) is 0 Å². The molecule has 6 heteroatoms. The molecule has 0 spiro atoms. The molecule has 1 aliphatic heterocycles. The van der Waals surface area contributed by atoms with Gasteiger partial charge in [-0.2, -0.15) is 0 Å². The molecule has 27 heavy (non-hydrogen) atoms. The molecule has 0 amide bonds. The third kappa shape index (κ3) is 4.06. The molecule has 0 N–H and O–H groups in total. The molecule has 1 fully saturated rings. The van der Waals surface area contributed by atoms with Crippen LogP contribution < -0.4 is 9.64 Å². The summed E-state index contributed by atoms with van der Waals surface area (Å²) in [4.78, 5) is 18.0. The van der Waals surface area contributed by atoms with Crippen molar-refractivity contribution in [1.82, 2.24) is 19.9 Å². The van der Waals surface area contributed by atoms with E-state index in [0.717, 1.165) is 49.8 Å². The maximum Gasteiger partial charge on any atom is 0.240 e. The monoisotopic (exact) mass is 361 g/mol. The summed E-state index contributed by atoms with van der Waals surface area (Å²) >= 11 is 0. The van der Waals surface area contributed by atoms with Gasteiger partial charge in [-0.1, -0.05) is 24.3 Å². The molecule has 3 heterocycles. The van der Waals surface area contributed by atoms with Crippen molar-refractivity contribution in [2.45, 2.75) is 6.54 Å². The third-order valence-corrected chi connectivity index (χ3v) is 4.81. The lowest BCUT2D eigenvalue weighted by Crippen LogP contribution is -2.46. The van der Waals surface area contributed by atoms with E-state index in [-0.39, 0.29) is 0 Å². The molecular formula is C21H23N5O. The van der Waals surface area contributed by atoms with Crippen LogP contribution in [0.2, 0.25) is 0 Å². The van der Waals surface area contributed by atoms with Crippen molar-refractivity contribution in [2.24, 2.45) is 0 Å². The molecule has 2 aromatic heterocycles. The van der Waals surface area contributed by atoms with Gasteiger partial charge in [0.15, 0.2) is 0 Å². The zero-order valence-electron chi connectivity index (χ0n) is 15.5. The van der Waals surface area contributed by atoms with Crippen LogP contribution in [0, 0.1) is 0 Å². The van der Waals surface area contributed by atoms with Crippen molar-refractivity contribution >= 4 is 5.82 Å². The standard InChI is InChI=1S/C21H23N5O/c1-27-21-20(23-9-10-24-21)18-6-4-5-17(15-18)16-25-11-13-26(14-12-25)19-7-2-3-8-22-19/h2-10,15H,11-14,16H2,1H3. The number of pyridine rings is 1. The van der Waals surface area contributed by atoms with E-state index in [1.807, 2.05) is 18.3 Å². The number of piperazine rings is 1. The minimum Gasteiger partial charge on any atom is -0.479 e. The Morgan fingerprint density at radius 3 is 2.52 bits per heavy atom. The van der Waals surface area contributed by atoms with Crippen LogP contribution in [-0.4, -0.2) is 53.1 Å². The predicted octanol–water partition coefficient (Wildman–Crippen LogP) is 2.87. The van der Waals surface area contributed by atoms with E-state index < -0.39 is 0 Å². The van der Waals surface area contributed by atoms with E-state index in [0.29, 0.717) is 5.88 Å². The maximum absolute atomic E-state index is 5.35. The van der Waals surface area contributed by atoms with E-state index in [9.17, 15) is 0 Å². The van der Waals surface area contributed by atoms with Gasteiger partial charge in [0, 0.05) is 56.9 Å². The van der Waals surface area contributed by atoms with Crippen LogP contribution in [0.25, 0.3) is 11.3 Å². The summed E-state index contributed by atoms with van der Waals surface area (Å²) in [6.45, 7) is 4.96. The highest BCUT2D eigenvalue weighted by Gasteiger charge is 2.18. The van der Waals surface area contributed by atoms with Gasteiger partial charge in [-0.25, -0.2) is 15.0 Å². The normalized spacial score (nSPS) is 14.9. The van der Waals surface area contributed by atoms with Crippen LogP contribution in [0.1, 0.15) is 5.56 Å². The summed E-state index contributed by atoms with van der Waals surface area (Å²) in [6.07, 6.45) is 5.20. The highest BCUT2D eigenvalue weighted by Crippen LogP contribution is 2.26. The number of ether oxygens (including phenoxy) is 1. The molecular weight excluding hydrogens is 338 g/mol. The molecule has 0 unspecified atom stereocenters. The molecule has 0 atom stereocenters. The number of methoxy groups -OCH3 is 1. The Morgan fingerprint density at radius 2 is 1.74 bits per heavy atom. The minimum absolute atomic E-state index is 0.554. The number of benzene rings is 1. The van der Waals surface area contributed by atoms with E-state index >= 15 is 0 Å². The van der Waals surface area contributed by atoms with Crippen LogP contribution in [-0.2, 0) is 6.54 Å². The minimum atomic E-state index is 0.554. The van der Waals surface area contributed by atoms with Gasteiger partial charge in [0.1, 0.15) is 11.5 Å². The van der Waals surface area contributed by atoms with Gasteiger partial charge in [-0.15, -0.1) is 0 Å². The molecule has 1 aliphatic rings. The Bertz CT molecular complexity index is 879. The Hall–Kier alpha value is -2.99. The second kappa shape index (κ2) is 8.14. The lowest BCUT2D eigenvalue weighted by Gasteiger charge is -2.35. The van der Waals surface area contributed by atoms with E-state index in [1.165, 1.54) is 5.56 Å². The zero-order chi connectivity index (χ0) is 18.5. The molecule has 3 aromatic rings. The van der Waals surface area contributed by atoms with Crippen LogP contribution in [0.5, 0.6) is 5.88 Å². The van der Waals surface area contributed by atoms with Crippen LogP contribution in [0.3, 0.4) is 0 Å². The average molecular weight is 361 g/mol. The topological polar surface area (TPSA) is 54.4 Å². The first kappa shape index (κ1) is 17.4. The third-order valence-electron chi connectivity index (χ3n) is 4.81. The molecule has 0 aliphatic carbocycles.